The standard InChI is InChI=1S/C15H24ClN3/c1-4-17-10-12-9-13(16)5-6-15(12)19-8-7-14(11-19)18(2)3/h5-6,9,14,17H,4,7-8,10-11H2,1-3H3. The average molecular weight is 282 g/mol. The Bertz CT molecular complexity index is 420. The van der Waals surface area contributed by atoms with Crippen molar-refractivity contribution in [1.82, 2.24) is 10.2 Å². The van der Waals surface area contributed by atoms with Gasteiger partial charge in [-0.15, -0.1) is 0 Å². The number of hydrogen-bond acceptors (Lipinski definition) is 3. The van der Waals surface area contributed by atoms with Gasteiger partial charge in [-0.2, -0.15) is 0 Å². The van der Waals surface area contributed by atoms with Crippen LogP contribution in [0.5, 0.6) is 0 Å². The first-order valence-corrected chi connectivity index (χ1v) is 7.40. The summed E-state index contributed by atoms with van der Waals surface area (Å²) in [6.07, 6.45) is 1.23. The quantitative estimate of drug-likeness (QED) is 0.895. The highest BCUT2D eigenvalue weighted by molar-refractivity contribution is 6.30. The van der Waals surface area contributed by atoms with Crippen LogP contribution >= 0.6 is 11.6 Å². The SMILES string of the molecule is CCNCc1cc(Cl)ccc1N1CCC(N(C)C)C1. The molecule has 1 aliphatic heterocycles. The fraction of sp³-hybridized carbons (Fsp3) is 0.600. The first-order chi connectivity index (χ1) is 9.11. The molecular weight excluding hydrogens is 258 g/mol. The Hall–Kier alpha value is -0.770. The lowest BCUT2D eigenvalue weighted by molar-refractivity contribution is 0.315. The molecule has 0 amide bonds. The number of anilines is 1. The van der Waals surface area contributed by atoms with E-state index in [9.17, 15) is 0 Å². The summed E-state index contributed by atoms with van der Waals surface area (Å²) < 4.78 is 0. The van der Waals surface area contributed by atoms with E-state index in [-0.39, 0.29) is 0 Å². The second-order valence-electron chi connectivity index (χ2n) is 5.41. The number of hydrogen-bond donors (Lipinski definition) is 1. The van der Waals surface area contributed by atoms with Gasteiger partial charge in [0.25, 0.3) is 0 Å². The van der Waals surface area contributed by atoms with Crippen LogP contribution in [0.25, 0.3) is 0 Å². The molecule has 1 aromatic rings. The highest BCUT2D eigenvalue weighted by atomic mass is 35.5. The third-order valence-electron chi connectivity index (χ3n) is 3.84. The summed E-state index contributed by atoms with van der Waals surface area (Å²) >= 11 is 6.13. The van der Waals surface area contributed by atoms with Gasteiger partial charge in [0, 0.05) is 36.4 Å². The minimum atomic E-state index is 0.655. The minimum Gasteiger partial charge on any atom is -0.370 e. The van der Waals surface area contributed by atoms with Crippen molar-refractivity contribution in [1.29, 1.82) is 0 Å². The zero-order valence-electron chi connectivity index (χ0n) is 12.1. The van der Waals surface area contributed by atoms with E-state index >= 15 is 0 Å². The fourth-order valence-electron chi connectivity index (χ4n) is 2.65. The van der Waals surface area contributed by atoms with Crippen molar-refractivity contribution < 1.29 is 0 Å². The van der Waals surface area contributed by atoms with E-state index in [0.29, 0.717) is 6.04 Å². The maximum atomic E-state index is 6.13. The Morgan fingerprint density at radius 2 is 2.21 bits per heavy atom. The zero-order valence-corrected chi connectivity index (χ0v) is 12.9. The summed E-state index contributed by atoms with van der Waals surface area (Å²) in [6.45, 7) is 6.22. The molecule has 3 nitrogen and oxygen atoms in total. The van der Waals surface area contributed by atoms with Gasteiger partial charge < -0.3 is 15.1 Å². The largest absolute Gasteiger partial charge is 0.370 e. The number of benzene rings is 1. The van der Waals surface area contributed by atoms with E-state index in [1.54, 1.807) is 0 Å². The lowest BCUT2D eigenvalue weighted by Gasteiger charge is -2.24. The number of halogens is 1. The van der Waals surface area contributed by atoms with E-state index < -0.39 is 0 Å². The molecule has 0 aliphatic carbocycles. The normalized spacial score (nSPS) is 19.4. The Morgan fingerprint density at radius 3 is 2.84 bits per heavy atom. The Labute approximate surface area is 121 Å². The molecular formula is C15H24ClN3. The van der Waals surface area contributed by atoms with Crippen molar-refractivity contribution in [3.63, 3.8) is 0 Å². The number of nitrogens with one attached hydrogen (secondary N) is 1. The molecule has 1 atom stereocenters. The molecule has 1 N–H and O–H groups in total. The molecule has 0 bridgehead atoms. The van der Waals surface area contributed by atoms with Crippen LogP contribution in [0.1, 0.15) is 18.9 Å². The second kappa shape index (κ2) is 6.60. The molecule has 19 heavy (non-hydrogen) atoms. The van der Waals surface area contributed by atoms with Crippen molar-refractivity contribution in [2.75, 3.05) is 38.6 Å². The van der Waals surface area contributed by atoms with Crippen LogP contribution in [0, 0.1) is 0 Å². The Kier molecular flexibility index (Phi) is 5.08. The lowest BCUT2D eigenvalue weighted by Crippen LogP contribution is -2.32. The van der Waals surface area contributed by atoms with E-state index in [1.165, 1.54) is 17.7 Å². The smallest absolute Gasteiger partial charge is 0.0413 e. The fourth-order valence-corrected chi connectivity index (χ4v) is 2.84. The summed E-state index contributed by atoms with van der Waals surface area (Å²) in [6, 6.07) is 6.90. The van der Waals surface area contributed by atoms with Crippen LogP contribution in [0.4, 0.5) is 5.69 Å². The van der Waals surface area contributed by atoms with E-state index in [1.807, 2.05) is 6.07 Å². The molecule has 1 unspecified atom stereocenters. The predicted octanol–water partition coefficient (Wildman–Crippen LogP) is 2.59. The summed E-state index contributed by atoms with van der Waals surface area (Å²) in [7, 11) is 4.32. The van der Waals surface area contributed by atoms with Crippen molar-refractivity contribution in [3.05, 3.63) is 28.8 Å². The molecule has 1 fully saturated rings. The maximum Gasteiger partial charge on any atom is 0.0413 e. The van der Waals surface area contributed by atoms with Gasteiger partial charge >= 0.3 is 0 Å². The van der Waals surface area contributed by atoms with Crippen LogP contribution in [0.15, 0.2) is 18.2 Å². The number of rotatable bonds is 5. The summed E-state index contributed by atoms with van der Waals surface area (Å²) in [5.41, 5.74) is 2.63. The Morgan fingerprint density at radius 1 is 1.42 bits per heavy atom. The van der Waals surface area contributed by atoms with Gasteiger partial charge in [-0.1, -0.05) is 18.5 Å². The van der Waals surface area contributed by atoms with Gasteiger partial charge in [0.2, 0.25) is 0 Å². The van der Waals surface area contributed by atoms with Gasteiger partial charge in [0.1, 0.15) is 0 Å². The van der Waals surface area contributed by atoms with Gasteiger partial charge in [0.05, 0.1) is 0 Å². The summed E-state index contributed by atoms with van der Waals surface area (Å²) in [5.74, 6) is 0. The van der Waals surface area contributed by atoms with Crippen molar-refractivity contribution in [2.24, 2.45) is 0 Å². The van der Waals surface area contributed by atoms with Crippen LogP contribution in [0.3, 0.4) is 0 Å². The average Bonchev–Trinajstić information content (AvgIpc) is 2.86. The van der Waals surface area contributed by atoms with E-state index in [2.05, 4.69) is 48.3 Å². The predicted molar refractivity (Wildman–Crippen MR) is 83.1 cm³/mol. The molecule has 0 radical (unpaired) electrons. The highest BCUT2D eigenvalue weighted by Gasteiger charge is 2.25. The third-order valence-corrected chi connectivity index (χ3v) is 4.08. The van der Waals surface area contributed by atoms with Crippen molar-refractivity contribution >= 4 is 17.3 Å². The molecule has 0 spiro atoms. The van der Waals surface area contributed by atoms with Crippen LogP contribution in [-0.2, 0) is 6.54 Å². The minimum absolute atomic E-state index is 0.655. The summed E-state index contributed by atoms with van der Waals surface area (Å²) in [4.78, 5) is 4.80. The van der Waals surface area contributed by atoms with Crippen LogP contribution in [-0.4, -0.2) is 44.7 Å². The first kappa shape index (κ1) is 14.6. The molecule has 4 heteroatoms. The van der Waals surface area contributed by atoms with E-state index in [0.717, 1.165) is 31.2 Å². The molecule has 0 saturated carbocycles. The summed E-state index contributed by atoms with van der Waals surface area (Å²) in [5, 5.41) is 4.21. The molecule has 1 aliphatic rings. The first-order valence-electron chi connectivity index (χ1n) is 7.02. The molecule has 1 aromatic carbocycles. The topological polar surface area (TPSA) is 18.5 Å². The van der Waals surface area contributed by atoms with Gasteiger partial charge in [-0.25, -0.2) is 0 Å². The lowest BCUT2D eigenvalue weighted by atomic mass is 10.1. The maximum absolute atomic E-state index is 6.13. The second-order valence-corrected chi connectivity index (χ2v) is 5.84. The molecule has 0 aromatic heterocycles. The monoisotopic (exact) mass is 281 g/mol. The third kappa shape index (κ3) is 3.62. The van der Waals surface area contributed by atoms with Gasteiger partial charge in [-0.3, -0.25) is 0 Å². The van der Waals surface area contributed by atoms with Gasteiger partial charge in [0.15, 0.2) is 0 Å². The van der Waals surface area contributed by atoms with Crippen molar-refractivity contribution in [3.8, 4) is 0 Å². The Balaban J connectivity index is 2.15. The highest BCUT2D eigenvalue weighted by Crippen LogP contribution is 2.28. The van der Waals surface area contributed by atoms with Crippen LogP contribution in [0.2, 0.25) is 5.02 Å². The number of likely N-dealkylation sites (N-methyl/N-ethyl adjacent to an activating group) is 1. The van der Waals surface area contributed by atoms with Gasteiger partial charge in [-0.05, 0) is 50.8 Å². The molecule has 1 heterocycles. The van der Waals surface area contributed by atoms with Crippen molar-refractivity contribution in [2.45, 2.75) is 25.9 Å². The zero-order chi connectivity index (χ0) is 13.8. The van der Waals surface area contributed by atoms with Crippen LogP contribution < -0.4 is 10.2 Å². The molecule has 106 valence electrons. The number of nitrogens with zero attached hydrogens (tertiary/aromatic N) is 2. The molecule has 1 saturated heterocycles. The van der Waals surface area contributed by atoms with E-state index in [4.69, 9.17) is 11.6 Å². The molecule has 2 rings (SSSR count).